The van der Waals surface area contributed by atoms with Gasteiger partial charge in [-0.25, -0.2) is 0 Å². The Hall–Kier alpha value is 0.210. The molecule has 0 aliphatic heterocycles. The zero-order chi connectivity index (χ0) is 17.9. The largest absolute Gasteiger partial charge is 1.00 e. The second-order valence-electron chi connectivity index (χ2n) is 8.63. The molecule has 0 heterocycles. The summed E-state index contributed by atoms with van der Waals surface area (Å²) in [4.78, 5) is 0. The lowest BCUT2D eigenvalue weighted by molar-refractivity contribution is -0.890. The van der Waals surface area contributed by atoms with Crippen LogP contribution in [-0.4, -0.2) is 39.0 Å². The van der Waals surface area contributed by atoms with Crippen LogP contribution in [-0.2, 0) is 4.74 Å². The molecule has 0 aromatic rings. The Kier molecular flexibility index (Phi) is 22.5. The first-order valence-electron chi connectivity index (χ1n) is 10.9. The van der Waals surface area contributed by atoms with Gasteiger partial charge in [-0.3, -0.25) is 0 Å². The molecule has 0 atom stereocenters. The van der Waals surface area contributed by atoms with Crippen molar-refractivity contribution in [2.45, 2.75) is 110 Å². The van der Waals surface area contributed by atoms with E-state index in [1.165, 1.54) is 103 Å². The normalized spacial score (nSPS) is 11.5. The molecule has 0 radical (unpaired) electrons. The lowest BCUT2D eigenvalue weighted by Crippen LogP contribution is -3.00. The van der Waals surface area contributed by atoms with Crippen molar-refractivity contribution in [3.05, 3.63) is 0 Å². The average Bonchev–Trinajstić information content (AvgIpc) is 2.52. The van der Waals surface area contributed by atoms with Crippen molar-refractivity contribution in [2.75, 3.05) is 34.5 Å². The monoisotopic (exact) mass is 377 g/mol. The Morgan fingerprint density at radius 1 is 0.520 bits per heavy atom. The number of nitrogens with zero attached hydrogens (tertiary/aromatic N) is 1. The van der Waals surface area contributed by atoms with E-state index in [2.05, 4.69) is 28.1 Å². The van der Waals surface area contributed by atoms with Crippen LogP contribution in [0.15, 0.2) is 0 Å². The summed E-state index contributed by atoms with van der Waals surface area (Å²) in [6, 6.07) is 0. The SMILES string of the molecule is CCCCCCCCCCCCCCCCCCOC[N+](C)(C)C.[Cl-]. The minimum Gasteiger partial charge on any atom is -1.00 e. The molecule has 0 aliphatic carbocycles. The predicted octanol–water partition coefficient (Wildman–Crippen LogP) is 3.93. The number of hydrogen-bond acceptors (Lipinski definition) is 1. The highest BCUT2D eigenvalue weighted by molar-refractivity contribution is 4.49. The Balaban J connectivity index is 0. The van der Waals surface area contributed by atoms with Crippen molar-refractivity contribution < 1.29 is 21.6 Å². The molecule has 0 aliphatic rings. The molecule has 0 bridgehead atoms. The van der Waals surface area contributed by atoms with E-state index < -0.39 is 0 Å². The number of ether oxygens (including phenoxy) is 1. The van der Waals surface area contributed by atoms with Crippen molar-refractivity contribution in [3.8, 4) is 0 Å². The van der Waals surface area contributed by atoms with Crippen molar-refractivity contribution in [1.82, 2.24) is 0 Å². The summed E-state index contributed by atoms with van der Waals surface area (Å²) in [5, 5.41) is 0. The molecule has 0 N–H and O–H groups in total. The van der Waals surface area contributed by atoms with E-state index in [0.717, 1.165) is 17.8 Å². The Bertz CT molecular complexity index is 241. The Morgan fingerprint density at radius 3 is 1.16 bits per heavy atom. The van der Waals surface area contributed by atoms with Gasteiger partial charge in [-0.1, -0.05) is 103 Å². The van der Waals surface area contributed by atoms with E-state index in [9.17, 15) is 0 Å². The van der Waals surface area contributed by atoms with Gasteiger partial charge in [0.25, 0.3) is 0 Å². The Morgan fingerprint density at radius 2 is 0.840 bits per heavy atom. The smallest absolute Gasteiger partial charge is 0.182 e. The molecule has 0 spiro atoms. The number of rotatable bonds is 19. The lowest BCUT2D eigenvalue weighted by Gasteiger charge is -2.23. The molecule has 0 aromatic carbocycles. The summed E-state index contributed by atoms with van der Waals surface area (Å²) in [5.41, 5.74) is 0. The third kappa shape index (κ3) is 26.5. The van der Waals surface area contributed by atoms with Gasteiger partial charge in [0, 0.05) is 0 Å². The summed E-state index contributed by atoms with van der Waals surface area (Å²) < 4.78 is 6.59. The first-order chi connectivity index (χ1) is 11.6. The van der Waals surface area contributed by atoms with Crippen LogP contribution in [0.1, 0.15) is 110 Å². The second kappa shape index (κ2) is 20.5. The molecular weight excluding hydrogens is 330 g/mol. The molecule has 2 nitrogen and oxygen atoms in total. The van der Waals surface area contributed by atoms with Gasteiger partial charge in [0.05, 0.1) is 27.7 Å². The molecule has 3 heteroatoms. The Labute approximate surface area is 166 Å². The molecule has 25 heavy (non-hydrogen) atoms. The first kappa shape index (κ1) is 27.4. The van der Waals surface area contributed by atoms with Crippen LogP contribution in [0.5, 0.6) is 0 Å². The van der Waals surface area contributed by atoms with Crippen molar-refractivity contribution >= 4 is 0 Å². The van der Waals surface area contributed by atoms with Crippen LogP contribution in [0.25, 0.3) is 0 Å². The number of unbranched alkanes of at least 4 members (excludes halogenated alkanes) is 15. The standard InChI is InChI=1S/C22H48NO.ClH/c1-5-6-7-8-9-10-11-12-13-14-15-16-17-18-19-20-21-24-22-23(2,3)4;/h5-22H2,1-4H3;1H/q+1;/p-1. The highest BCUT2D eigenvalue weighted by Gasteiger charge is 2.05. The van der Waals surface area contributed by atoms with Crippen LogP contribution < -0.4 is 12.4 Å². The number of hydrogen-bond donors (Lipinski definition) is 0. The fourth-order valence-corrected chi connectivity index (χ4v) is 3.09. The van der Waals surface area contributed by atoms with Crippen LogP contribution in [0, 0.1) is 0 Å². The van der Waals surface area contributed by atoms with E-state index in [1.807, 2.05) is 0 Å². The van der Waals surface area contributed by atoms with Crippen molar-refractivity contribution in [3.63, 3.8) is 0 Å². The summed E-state index contributed by atoms with van der Waals surface area (Å²) in [6.07, 6.45) is 22.8. The quantitative estimate of drug-likeness (QED) is 0.188. The zero-order valence-electron chi connectivity index (χ0n) is 18.0. The van der Waals surface area contributed by atoms with Gasteiger partial charge < -0.3 is 21.6 Å². The van der Waals surface area contributed by atoms with Crippen LogP contribution in [0.4, 0.5) is 0 Å². The second-order valence-corrected chi connectivity index (χ2v) is 8.63. The van der Waals surface area contributed by atoms with Crippen LogP contribution in [0.2, 0.25) is 0 Å². The lowest BCUT2D eigenvalue weighted by atomic mass is 10.0. The van der Waals surface area contributed by atoms with E-state index in [4.69, 9.17) is 4.74 Å². The predicted molar refractivity (Wildman–Crippen MR) is 108 cm³/mol. The summed E-state index contributed by atoms with van der Waals surface area (Å²) in [6.45, 7) is 4.06. The van der Waals surface area contributed by atoms with Gasteiger partial charge in [-0.05, 0) is 6.42 Å². The first-order valence-corrected chi connectivity index (χ1v) is 10.9. The summed E-state index contributed by atoms with van der Waals surface area (Å²) in [7, 11) is 6.52. The molecule has 0 fully saturated rings. The average molecular weight is 378 g/mol. The van der Waals surface area contributed by atoms with Gasteiger partial charge in [0.2, 0.25) is 0 Å². The zero-order valence-corrected chi connectivity index (χ0v) is 18.7. The fraction of sp³-hybridized carbons (Fsp3) is 1.00. The molecule has 0 unspecified atom stereocenters. The van der Waals surface area contributed by atoms with E-state index >= 15 is 0 Å². The van der Waals surface area contributed by atoms with E-state index in [0.29, 0.717) is 0 Å². The van der Waals surface area contributed by atoms with Gasteiger partial charge in [0.1, 0.15) is 0 Å². The van der Waals surface area contributed by atoms with Crippen molar-refractivity contribution in [2.24, 2.45) is 0 Å². The maximum absolute atomic E-state index is 5.69. The van der Waals surface area contributed by atoms with Gasteiger partial charge in [0.15, 0.2) is 6.73 Å². The van der Waals surface area contributed by atoms with Gasteiger partial charge in [-0.2, -0.15) is 0 Å². The third-order valence-corrected chi connectivity index (χ3v) is 4.62. The molecule has 154 valence electrons. The molecule has 0 saturated carbocycles. The van der Waals surface area contributed by atoms with Crippen LogP contribution in [0.3, 0.4) is 0 Å². The maximum atomic E-state index is 5.69. The molecule has 0 rings (SSSR count). The molecular formula is C22H48ClNO. The van der Waals surface area contributed by atoms with E-state index in [1.54, 1.807) is 0 Å². The molecule has 0 aromatic heterocycles. The topological polar surface area (TPSA) is 9.23 Å². The van der Waals surface area contributed by atoms with Gasteiger partial charge >= 0.3 is 0 Å². The highest BCUT2D eigenvalue weighted by atomic mass is 35.5. The minimum atomic E-state index is 0. The highest BCUT2D eigenvalue weighted by Crippen LogP contribution is 2.13. The molecule has 0 saturated heterocycles. The van der Waals surface area contributed by atoms with E-state index in [-0.39, 0.29) is 12.4 Å². The summed E-state index contributed by atoms with van der Waals surface area (Å²) >= 11 is 0. The van der Waals surface area contributed by atoms with Crippen molar-refractivity contribution in [1.29, 1.82) is 0 Å². The summed E-state index contributed by atoms with van der Waals surface area (Å²) in [5.74, 6) is 0. The van der Waals surface area contributed by atoms with Crippen LogP contribution >= 0.6 is 0 Å². The van der Waals surface area contributed by atoms with Gasteiger partial charge in [-0.15, -0.1) is 0 Å². The fourth-order valence-electron chi connectivity index (χ4n) is 3.09. The molecule has 0 amide bonds. The third-order valence-electron chi connectivity index (χ3n) is 4.62. The number of halogens is 1. The minimum absolute atomic E-state index is 0. The maximum Gasteiger partial charge on any atom is 0.182 e. The number of quaternary nitrogens is 1.